The molecule has 82 valence electrons. The zero-order chi connectivity index (χ0) is 11.5. The van der Waals surface area contributed by atoms with Crippen LogP contribution in [-0.2, 0) is 11.2 Å². The first-order valence-electron chi connectivity index (χ1n) is 4.67. The van der Waals surface area contributed by atoms with Crippen LogP contribution < -0.4 is 0 Å². The van der Waals surface area contributed by atoms with Crippen LogP contribution in [0.25, 0.3) is 11.4 Å². The third-order valence-corrected chi connectivity index (χ3v) is 2.10. The number of nitrogens with zero attached hydrogens (tertiary/aromatic N) is 1. The van der Waals surface area contributed by atoms with Crippen molar-refractivity contribution in [1.82, 2.24) is 9.97 Å². The summed E-state index contributed by atoms with van der Waals surface area (Å²) in [5, 5.41) is 8.58. The van der Waals surface area contributed by atoms with E-state index in [0.717, 1.165) is 0 Å². The lowest BCUT2D eigenvalue weighted by Crippen LogP contribution is -1.99. The van der Waals surface area contributed by atoms with E-state index in [-0.39, 0.29) is 6.42 Å². The van der Waals surface area contributed by atoms with Gasteiger partial charge < -0.3 is 10.1 Å². The van der Waals surface area contributed by atoms with Gasteiger partial charge in [0, 0.05) is 11.9 Å². The summed E-state index contributed by atoms with van der Waals surface area (Å²) in [6.07, 6.45) is 1.25. The van der Waals surface area contributed by atoms with Crippen LogP contribution in [0.2, 0.25) is 0 Å². The summed E-state index contributed by atoms with van der Waals surface area (Å²) in [5.74, 6) is -1.00. The number of carboxylic acids is 1. The molecule has 16 heavy (non-hydrogen) atoms. The molecule has 0 saturated heterocycles. The van der Waals surface area contributed by atoms with Gasteiger partial charge in [0.2, 0.25) is 0 Å². The molecule has 0 atom stereocenters. The van der Waals surface area contributed by atoms with Crippen molar-refractivity contribution in [2.45, 2.75) is 6.42 Å². The second-order valence-electron chi connectivity index (χ2n) is 3.31. The van der Waals surface area contributed by atoms with Crippen molar-refractivity contribution in [2.75, 3.05) is 0 Å². The Balaban J connectivity index is 2.32. The maximum Gasteiger partial charge on any atom is 0.309 e. The van der Waals surface area contributed by atoms with E-state index < -0.39 is 11.8 Å². The number of rotatable bonds is 3. The minimum Gasteiger partial charge on any atom is -0.481 e. The lowest BCUT2D eigenvalue weighted by atomic mass is 10.2. The summed E-state index contributed by atoms with van der Waals surface area (Å²) >= 11 is 0. The van der Waals surface area contributed by atoms with E-state index in [2.05, 4.69) is 9.97 Å². The first kappa shape index (κ1) is 10.4. The Bertz CT molecular complexity index is 522. The molecule has 1 aromatic heterocycles. The van der Waals surface area contributed by atoms with Gasteiger partial charge in [-0.1, -0.05) is 12.1 Å². The highest BCUT2D eigenvalue weighted by Crippen LogP contribution is 2.19. The fraction of sp³-hybridized carbons (Fsp3) is 0.0909. The number of aromatic amines is 1. The Morgan fingerprint density at radius 2 is 2.19 bits per heavy atom. The first-order valence-corrected chi connectivity index (χ1v) is 4.67. The minimum absolute atomic E-state index is 0.151. The quantitative estimate of drug-likeness (QED) is 0.829. The fourth-order valence-electron chi connectivity index (χ4n) is 1.40. The van der Waals surface area contributed by atoms with Crippen molar-refractivity contribution >= 4 is 5.97 Å². The van der Waals surface area contributed by atoms with Crippen LogP contribution >= 0.6 is 0 Å². The normalized spacial score (nSPS) is 10.3. The maximum atomic E-state index is 13.4. The SMILES string of the molecule is O=C(O)Cc1cnc(-c2ccccc2F)[nH]1. The van der Waals surface area contributed by atoms with Crippen LogP contribution in [0.1, 0.15) is 5.69 Å². The molecule has 0 saturated carbocycles. The van der Waals surface area contributed by atoms with Gasteiger partial charge in [0.1, 0.15) is 11.6 Å². The summed E-state index contributed by atoms with van der Waals surface area (Å²) in [4.78, 5) is 17.2. The third kappa shape index (κ3) is 2.08. The van der Waals surface area contributed by atoms with Crippen LogP contribution in [-0.4, -0.2) is 21.0 Å². The standard InChI is InChI=1S/C11H9FN2O2/c12-9-4-2-1-3-8(9)11-13-6-7(14-11)5-10(15)16/h1-4,6H,5H2,(H,13,14)(H,15,16). The Kier molecular flexibility index (Phi) is 2.68. The molecule has 2 N–H and O–H groups in total. The number of benzene rings is 1. The molecule has 0 spiro atoms. The zero-order valence-electron chi connectivity index (χ0n) is 8.27. The number of nitrogens with one attached hydrogen (secondary N) is 1. The third-order valence-electron chi connectivity index (χ3n) is 2.10. The Labute approximate surface area is 90.8 Å². The number of hydrogen-bond acceptors (Lipinski definition) is 2. The molecule has 2 rings (SSSR count). The fourth-order valence-corrected chi connectivity index (χ4v) is 1.40. The van der Waals surface area contributed by atoms with E-state index in [9.17, 15) is 9.18 Å². The van der Waals surface area contributed by atoms with E-state index in [1.807, 2.05) is 0 Å². The van der Waals surface area contributed by atoms with Gasteiger partial charge in [0.15, 0.2) is 0 Å². The van der Waals surface area contributed by atoms with Crippen molar-refractivity contribution in [1.29, 1.82) is 0 Å². The van der Waals surface area contributed by atoms with Gasteiger partial charge in [-0.15, -0.1) is 0 Å². The van der Waals surface area contributed by atoms with Crippen LogP contribution in [0.3, 0.4) is 0 Å². The van der Waals surface area contributed by atoms with E-state index in [4.69, 9.17) is 5.11 Å². The van der Waals surface area contributed by atoms with Crippen LogP contribution in [0, 0.1) is 5.82 Å². The van der Waals surface area contributed by atoms with Crippen LogP contribution in [0.15, 0.2) is 30.5 Å². The summed E-state index contributed by atoms with van der Waals surface area (Å²) in [5.41, 5.74) is 0.782. The molecule has 2 aromatic rings. The van der Waals surface area contributed by atoms with Gasteiger partial charge in [0.25, 0.3) is 0 Å². The van der Waals surface area contributed by atoms with E-state index in [0.29, 0.717) is 17.1 Å². The van der Waals surface area contributed by atoms with Crippen molar-refractivity contribution < 1.29 is 14.3 Å². The van der Waals surface area contributed by atoms with E-state index in [1.54, 1.807) is 18.2 Å². The summed E-state index contributed by atoms with van der Waals surface area (Å²) in [7, 11) is 0. The molecule has 0 fully saturated rings. The van der Waals surface area contributed by atoms with Crippen LogP contribution in [0.5, 0.6) is 0 Å². The largest absolute Gasteiger partial charge is 0.481 e. The average molecular weight is 220 g/mol. The predicted molar refractivity (Wildman–Crippen MR) is 55.3 cm³/mol. The second kappa shape index (κ2) is 4.14. The lowest BCUT2D eigenvalue weighted by molar-refractivity contribution is -0.136. The molecular formula is C11H9FN2O2. The zero-order valence-corrected chi connectivity index (χ0v) is 8.27. The summed E-state index contributed by atoms with van der Waals surface area (Å²) < 4.78 is 13.4. The molecule has 0 unspecified atom stereocenters. The molecule has 0 radical (unpaired) electrons. The van der Waals surface area contributed by atoms with Crippen molar-refractivity contribution in [3.63, 3.8) is 0 Å². The predicted octanol–water partition coefficient (Wildman–Crippen LogP) is 1.84. The first-order chi connectivity index (χ1) is 7.66. The molecule has 5 heteroatoms. The van der Waals surface area contributed by atoms with Gasteiger partial charge in [-0.25, -0.2) is 9.37 Å². The van der Waals surface area contributed by atoms with Crippen molar-refractivity contribution in [2.24, 2.45) is 0 Å². The topological polar surface area (TPSA) is 66.0 Å². The molecule has 0 bridgehead atoms. The minimum atomic E-state index is -0.955. The second-order valence-corrected chi connectivity index (χ2v) is 3.31. The lowest BCUT2D eigenvalue weighted by Gasteiger charge is -1.97. The number of aromatic nitrogens is 2. The Hall–Kier alpha value is -2.17. The van der Waals surface area contributed by atoms with Crippen molar-refractivity contribution in [3.05, 3.63) is 42.0 Å². The number of H-pyrrole nitrogens is 1. The number of hydrogen-bond donors (Lipinski definition) is 2. The highest BCUT2D eigenvalue weighted by molar-refractivity contribution is 5.70. The summed E-state index contributed by atoms with van der Waals surface area (Å²) in [6.45, 7) is 0. The van der Waals surface area contributed by atoms with Gasteiger partial charge in [-0.2, -0.15) is 0 Å². The van der Waals surface area contributed by atoms with Crippen molar-refractivity contribution in [3.8, 4) is 11.4 Å². The monoisotopic (exact) mass is 220 g/mol. The molecule has 0 aliphatic rings. The molecule has 4 nitrogen and oxygen atoms in total. The molecule has 1 aromatic carbocycles. The molecule has 0 aliphatic heterocycles. The molecular weight excluding hydrogens is 211 g/mol. The van der Waals surface area contributed by atoms with Crippen LogP contribution in [0.4, 0.5) is 4.39 Å². The Morgan fingerprint density at radius 1 is 1.44 bits per heavy atom. The average Bonchev–Trinajstić information content (AvgIpc) is 2.66. The Morgan fingerprint density at radius 3 is 2.88 bits per heavy atom. The van der Waals surface area contributed by atoms with Gasteiger partial charge in [-0.3, -0.25) is 4.79 Å². The molecule has 1 heterocycles. The smallest absolute Gasteiger partial charge is 0.309 e. The van der Waals surface area contributed by atoms with Gasteiger partial charge in [0.05, 0.1) is 12.0 Å². The number of carbonyl (C=O) groups is 1. The number of imidazole rings is 1. The molecule has 0 aliphatic carbocycles. The van der Waals surface area contributed by atoms with E-state index >= 15 is 0 Å². The number of carboxylic acid groups (broad SMARTS) is 1. The molecule has 0 amide bonds. The number of aliphatic carboxylic acids is 1. The van der Waals surface area contributed by atoms with Gasteiger partial charge in [-0.05, 0) is 12.1 Å². The highest BCUT2D eigenvalue weighted by atomic mass is 19.1. The maximum absolute atomic E-state index is 13.4. The highest BCUT2D eigenvalue weighted by Gasteiger charge is 2.09. The summed E-state index contributed by atoms with van der Waals surface area (Å²) in [6, 6.07) is 6.19. The number of halogens is 1. The van der Waals surface area contributed by atoms with Gasteiger partial charge >= 0.3 is 5.97 Å². The van der Waals surface area contributed by atoms with E-state index in [1.165, 1.54) is 12.3 Å².